The number of rotatable bonds is 7. The molecule has 0 atom stereocenters. The Morgan fingerprint density at radius 1 is 1.28 bits per heavy atom. The maximum absolute atomic E-state index is 14.5. The van der Waals surface area contributed by atoms with Crippen LogP contribution in [0.1, 0.15) is 41.3 Å². The third-order valence-corrected chi connectivity index (χ3v) is 4.56. The lowest BCUT2D eigenvalue weighted by Gasteiger charge is -2.18. The van der Waals surface area contributed by atoms with Crippen LogP contribution in [-0.4, -0.2) is 17.7 Å². The third-order valence-electron chi connectivity index (χ3n) is 3.72. The minimum Gasteiger partial charge on any atom is -0.491 e. The second kappa shape index (κ2) is 8.97. The standard InChI is InChI=1S/C19H20BrFO4/c1-3-4-10-24-18-15(12(2)17(21)14(11-22)16(18)20)19(23)25-13-8-6-5-7-9-13/h5-9,22H,3-4,10-11H2,1-2H3. The van der Waals surface area contributed by atoms with Crippen molar-refractivity contribution in [2.75, 3.05) is 6.61 Å². The Balaban J connectivity index is 2.48. The van der Waals surface area contributed by atoms with E-state index in [1.165, 1.54) is 6.92 Å². The Bertz CT molecular complexity index is 747. The molecule has 0 aliphatic rings. The van der Waals surface area contributed by atoms with Crippen LogP contribution in [0.4, 0.5) is 4.39 Å². The molecule has 0 fully saturated rings. The van der Waals surface area contributed by atoms with Gasteiger partial charge in [0.15, 0.2) is 0 Å². The molecule has 134 valence electrons. The lowest BCUT2D eigenvalue weighted by atomic mass is 10.0. The highest BCUT2D eigenvalue weighted by molar-refractivity contribution is 9.10. The first-order valence-electron chi connectivity index (χ1n) is 8.02. The molecule has 0 aromatic heterocycles. The maximum Gasteiger partial charge on any atom is 0.347 e. The number of carbonyl (C=O) groups is 1. The van der Waals surface area contributed by atoms with E-state index in [1.807, 2.05) is 6.92 Å². The summed E-state index contributed by atoms with van der Waals surface area (Å²) in [5.41, 5.74) is 0.154. The first-order valence-corrected chi connectivity index (χ1v) is 8.81. The SMILES string of the molecule is CCCCOc1c(Br)c(CO)c(F)c(C)c1C(=O)Oc1ccccc1. The Hall–Kier alpha value is -1.92. The van der Waals surface area contributed by atoms with Crippen molar-refractivity contribution < 1.29 is 23.8 Å². The molecule has 0 amide bonds. The van der Waals surface area contributed by atoms with Crippen molar-refractivity contribution in [3.05, 3.63) is 57.3 Å². The van der Waals surface area contributed by atoms with E-state index >= 15 is 0 Å². The minimum atomic E-state index is -0.709. The van der Waals surface area contributed by atoms with Gasteiger partial charge >= 0.3 is 5.97 Å². The third kappa shape index (κ3) is 4.38. The van der Waals surface area contributed by atoms with E-state index in [2.05, 4.69) is 15.9 Å². The molecular formula is C19H20BrFO4. The van der Waals surface area contributed by atoms with Gasteiger partial charge in [-0.1, -0.05) is 31.5 Å². The average molecular weight is 411 g/mol. The summed E-state index contributed by atoms with van der Waals surface area (Å²) in [4.78, 5) is 12.6. The molecule has 0 aliphatic heterocycles. The van der Waals surface area contributed by atoms with Crippen LogP contribution < -0.4 is 9.47 Å². The molecule has 1 N–H and O–H groups in total. The quantitative estimate of drug-likeness (QED) is 0.405. The molecule has 25 heavy (non-hydrogen) atoms. The second-order valence-corrected chi connectivity index (χ2v) is 6.29. The van der Waals surface area contributed by atoms with Gasteiger partial charge in [0.05, 0.1) is 17.7 Å². The fraction of sp³-hybridized carbons (Fsp3) is 0.316. The molecule has 0 saturated carbocycles. The van der Waals surface area contributed by atoms with Gasteiger partial charge in [-0.2, -0.15) is 0 Å². The van der Waals surface area contributed by atoms with E-state index in [9.17, 15) is 14.3 Å². The predicted molar refractivity (Wildman–Crippen MR) is 96.6 cm³/mol. The van der Waals surface area contributed by atoms with E-state index in [4.69, 9.17) is 9.47 Å². The van der Waals surface area contributed by atoms with Gasteiger partial charge in [-0.15, -0.1) is 0 Å². The summed E-state index contributed by atoms with van der Waals surface area (Å²) < 4.78 is 25.8. The van der Waals surface area contributed by atoms with Crippen molar-refractivity contribution in [1.82, 2.24) is 0 Å². The fourth-order valence-electron chi connectivity index (χ4n) is 2.33. The first-order chi connectivity index (χ1) is 12.0. The molecule has 0 heterocycles. The summed E-state index contributed by atoms with van der Waals surface area (Å²) in [5.74, 6) is -0.817. The van der Waals surface area contributed by atoms with Crippen molar-refractivity contribution in [1.29, 1.82) is 0 Å². The highest BCUT2D eigenvalue weighted by atomic mass is 79.9. The van der Waals surface area contributed by atoms with Crippen LogP contribution in [0.2, 0.25) is 0 Å². The van der Waals surface area contributed by atoms with Crippen LogP contribution in [0, 0.1) is 12.7 Å². The van der Waals surface area contributed by atoms with Crippen molar-refractivity contribution in [2.45, 2.75) is 33.3 Å². The molecule has 2 aromatic rings. The summed E-state index contributed by atoms with van der Waals surface area (Å²) in [6.45, 7) is 3.34. The van der Waals surface area contributed by atoms with Gasteiger partial charge in [-0.3, -0.25) is 0 Å². The van der Waals surface area contributed by atoms with E-state index in [0.29, 0.717) is 12.4 Å². The zero-order chi connectivity index (χ0) is 18.4. The molecule has 0 spiro atoms. The van der Waals surface area contributed by atoms with Crippen molar-refractivity contribution >= 4 is 21.9 Å². The number of benzene rings is 2. The van der Waals surface area contributed by atoms with Gasteiger partial charge in [-0.05, 0) is 41.4 Å². The topological polar surface area (TPSA) is 55.8 Å². The molecule has 0 aliphatic carbocycles. The summed E-state index contributed by atoms with van der Waals surface area (Å²) in [7, 11) is 0. The summed E-state index contributed by atoms with van der Waals surface area (Å²) in [5, 5.41) is 9.44. The summed E-state index contributed by atoms with van der Waals surface area (Å²) >= 11 is 3.25. The molecule has 2 rings (SSSR count). The number of halogens is 2. The Kier molecular flexibility index (Phi) is 6.96. The highest BCUT2D eigenvalue weighted by Crippen LogP contribution is 2.38. The normalized spacial score (nSPS) is 10.6. The van der Waals surface area contributed by atoms with Crippen LogP contribution in [0.25, 0.3) is 0 Å². The number of unbranched alkanes of at least 4 members (excludes halogenated alkanes) is 1. The zero-order valence-electron chi connectivity index (χ0n) is 14.1. The van der Waals surface area contributed by atoms with Gasteiger partial charge in [0, 0.05) is 11.1 Å². The number of aliphatic hydroxyl groups is 1. The number of ether oxygens (including phenoxy) is 2. The van der Waals surface area contributed by atoms with Gasteiger partial charge in [0.25, 0.3) is 0 Å². The lowest BCUT2D eigenvalue weighted by molar-refractivity contribution is 0.0728. The second-order valence-electron chi connectivity index (χ2n) is 5.50. The van der Waals surface area contributed by atoms with Crippen LogP contribution in [0.15, 0.2) is 34.8 Å². The molecule has 0 unspecified atom stereocenters. The van der Waals surface area contributed by atoms with E-state index in [1.54, 1.807) is 30.3 Å². The largest absolute Gasteiger partial charge is 0.491 e. The van der Waals surface area contributed by atoms with Crippen LogP contribution >= 0.6 is 15.9 Å². The Labute approximate surface area is 154 Å². The number of carbonyl (C=O) groups excluding carboxylic acids is 1. The zero-order valence-corrected chi connectivity index (χ0v) is 15.7. The monoisotopic (exact) mass is 410 g/mol. The number of esters is 1. The molecule has 6 heteroatoms. The number of hydrogen-bond donors (Lipinski definition) is 1. The molecule has 0 saturated heterocycles. The Morgan fingerprint density at radius 3 is 2.56 bits per heavy atom. The minimum absolute atomic E-state index is 0.0153. The highest BCUT2D eigenvalue weighted by Gasteiger charge is 2.27. The fourth-order valence-corrected chi connectivity index (χ4v) is 2.95. The predicted octanol–water partition coefficient (Wildman–Crippen LogP) is 4.79. The van der Waals surface area contributed by atoms with Crippen LogP contribution in [-0.2, 0) is 6.61 Å². The first kappa shape index (κ1) is 19.4. The maximum atomic E-state index is 14.5. The molecule has 2 aromatic carbocycles. The van der Waals surface area contributed by atoms with Crippen molar-refractivity contribution in [3.63, 3.8) is 0 Å². The van der Waals surface area contributed by atoms with Crippen molar-refractivity contribution in [3.8, 4) is 11.5 Å². The van der Waals surface area contributed by atoms with Crippen LogP contribution in [0.5, 0.6) is 11.5 Å². The number of hydrogen-bond acceptors (Lipinski definition) is 4. The van der Waals surface area contributed by atoms with E-state index in [0.717, 1.165) is 12.8 Å². The van der Waals surface area contributed by atoms with Gasteiger partial charge < -0.3 is 14.6 Å². The molecule has 4 nitrogen and oxygen atoms in total. The van der Waals surface area contributed by atoms with Gasteiger partial charge in [0.2, 0.25) is 0 Å². The smallest absolute Gasteiger partial charge is 0.347 e. The average Bonchev–Trinajstić information content (AvgIpc) is 2.61. The van der Waals surface area contributed by atoms with Crippen LogP contribution in [0.3, 0.4) is 0 Å². The molecule has 0 bridgehead atoms. The number of aliphatic hydroxyl groups excluding tert-OH is 1. The lowest BCUT2D eigenvalue weighted by Crippen LogP contribution is -2.16. The summed E-state index contributed by atoms with van der Waals surface area (Å²) in [6, 6.07) is 8.55. The summed E-state index contributed by atoms with van der Waals surface area (Å²) in [6.07, 6.45) is 1.69. The molecular weight excluding hydrogens is 391 g/mol. The van der Waals surface area contributed by atoms with Gasteiger partial charge in [0.1, 0.15) is 22.9 Å². The molecule has 0 radical (unpaired) electrons. The number of para-hydroxylation sites is 1. The van der Waals surface area contributed by atoms with Gasteiger partial charge in [-0.25, -0.2) is 9.18 Å². The Morgan fingerprint density at radius 2 is 1.96 bits per heavy atom. The van der Waals surface area contributed by atoms with E-state index < -0.39 is 18.4 Å². The van der Waals surface area contributed by atoms with Crippen molar-refractivity contribution in [2.24, 2.45) is 0 Å². The van der Waals surface area contributed by atoms with E-state index in [-0.39, 0.29) is 26.9 Å².